The fourth-order valence-corrected chi connectivity index (χ4v) is 5.08. The van der Waals surface area contributed by atoms with Crippen molar-refractivity contribution in [2.75, 3.05) is 11.3 Å². The summed E-state index contributed by atoms with van der Waals surface area (Å²) in [6.45, 7) is 8.24. The lowest BCUT2D eigenvalue weighted by molar-refractivity contribution is 0.0953. The van der Waals surface area contributed by atoms with Gasteiger partial charge in [0.15, 0.2) is 0 Å². The summed E-state index contributed by atoms with van der Waals surface area (Å²) in [4.78, 5) is 12.6. The Morgan fingerprint density at radius 3 is 2.26 bits per heavy atom. The summed E-state index contributed by atoms with van der Waals surface area (Å²) in [5.74, 6) is 0.0853. The van der Waals surface area contributed by atoms with Crippen molar-refractivity contribution in [3.8, 4) is 0 Å². The molecular formula is C22H26N4O3S2. The van der Waals surface area contributed by atoms with Gasteiger partial charge in [-0.3, -0.25) is 9.52 Å². The number of carbonyl (C=O) groups excluding carboxylic acids is 1. The van der Waals surface area contributed by atoms with Gasteiger partial charge in [0, 0.05) is 18.0 Å². The van der Waals surface area contributed by atoms with E-state index in [2.05, 4.69) is 20.2 Å². The summed E-state index contributed by atoms with van der Waals surface area (Å²) in [6.07, 6.45) is 0.596. The molecule has 0 aliphatic heterocycles. The number of aromatic nitrogens is 2. The third-order valence-corrected chi connectivity index (χ3v) is 7.42. The van der Waals surface area contributed by atoms with Crippen molar-refractivity contribution >= 4 is 32.4 Å². The van der Waals surface area contributed by atoms with Crippen molar-refractivity contribution < 1.29 is 13.2 Å². The number of anilines is 1. The number of sulfonamides is 1. The van der Waals surface area contributed by atoms with E-state index in [0.29, 0.717) is 18.5 Å². The highest BCUT2D eigenvalue weighted by Gasteiger charge is 2.18. The van der Waals surface area contributed by atoms with E-state index in [1.807, 2.05) is 45.9 Å². The Morgan fingerprint density at radius 1 is 1.03 bits per heavy atom. The van der Waals surface area contributed by atoms with Crippen LogP contribution >= 0.6 is 11.3 Å². The molecule has 0 aliphatic carbocycles. The van der Waals surface area contributed by atoms with Crippen LogP contribution in [0.1, 0.15) is 51.8 Å². The number of hydrogen-bond acceptors (Lipinski definition) is 6. The normalized spacial score (nSPS) is 11.5. The molecule has 2 N–H and O–H groups in total. The SMILES string of the molecule is Cc1cccc(C)c1C(=O)NCCc1ccc(S(=O)(=O)Nc2nnc(C(C)C)s2)cc1. The molecule has 2 aromatic carbocycles. The summed E-state index contributed by atoms with van der Waals surface area (Å²) in [5.41, 5.74) is 3.51. The summed E-state index contributed by atoms with van der Waals surface area (Å²) in [6, 6.07) is 12.4. The minimum Gasteiger partial charge on any atom is -0.352 e. The quantitative estimate of drug-likeness (QED) is 0.530. The van der Waals surface area contributed by atoms with E-state index in [9.17, 15) is 13.2 Å². The van der Waals surface area contributed by atoms with Gasteiger partial charge in [0.1, 0.15) is 5.01 Å². The van der Waals surface area contributed by atoms with Gasteiger partial charge in [0.05, 0.1) is 4.90 Å². The minimum atomic E-state index is -3.73. The van der Waals surface area contributed by atoms with Crippen molar-refractivity contribution in [1.82, 2.24) is 15.5 Å². The molecule has 0 fully saturated rings. The monoisotopic (exact) mass is 458 g/mol. The van der Waals surface area contributed by atoms with Crippen LogP contribution in [0.5, 0.6) is 0 Å². The number of aryl methyl sites for hydroxylation is 2. The van der Waals surface area contributed by atoms with E-state index in [-0.39, 0.29) is 21.9 Å². The maximum Gasteiger partial charge on any atom is 0.263 e. The van der Waals surface area contributed by atoms with Gasteiger partial charge in [-0.15, -0.1) is 10.2 Å². The van der Waals surface area contributed by atoms with Crippen molar-refractivity contribution in [1.29, 1.82) is 0 Å². The first-order valence-corrected chi connectivity index (χ1v) is 12.3. The second kappa shape index (κ2) is 9.57. The first-order chi connectivity index (χ1) is 14.7. The number of amides is 1. The molecule has 9 heteroatoms. The van der Waals surface area contributed by atoms with Crippen LogP contribution < -0.4 is 10.0 Å². The molecular weight excluding hydrogens is 432 g/mol. The van der Waals surface area contributed by atoms with Crippen molar-refractivity contribution in [2.45, 2.75) is 44.9 Å². The topological polar surface area (TPSA) is 101 Å². The zero-order chi connectivity index (χ0) is 22.6. The smallest absolute Gasteiger partial charge is 0.263 e. The molecule has 0 spiro atoms. The number of nitrogens with zero attached hydrogens (tertiary/aromatic N) is 2. The molecule has 0 aliphatic rings. The molecule has 1 amide bonds. The third kappa shape index (κ3) is 5.68. The van der Waals surface area contributed by atoms with Crippen molar-refractivity contribution in [3.05, 3.63) is 69.7 Å². The molecule has 3 aromatic rings. The van der Waals surface area contributed by atoms with Crippen LogP contribution in [0.15, 0.2) is 47.4 Å². The molecule has 0 bridgehead atoms. The Balaban J connectivity index is 1.58. The second-order valence-corrected chi connectivity index (χ2v) is 10.3. The van der Waals surface area contributed by atoms with Crippen LogP contribution in [0.4, 0.5) is 5.13 Å². The zero-order valence-corrected chi connectivity index (χ0v) is 19.6. The van der Waals surface area contributed by atoms with Crippen molar-refractivity contribution in [2.24, 2.45) is 0 Å². The van der Waals surface area contributed by atoms with Crippen LogP contribution in [0, 0.1) is 13.8 Å². The first kappa shape index (κ1) is 22.9. The van der Waals surface area contributed by atoms with Crippen LogP contribution in [-0.4, -0.2) is 31.1 Å². The Morgan fingerprint density at radius 2 is 1.68 bits per heavy atom. The molecule has 1 aromatic heterocycles. The van der Waals surface area contributed by atoms with Gasteiger partial charge in [-0.05, 0) is 49.1 Å². The van der Waals surface area contributed by atoms with Crippen molar-refractivity contribution in [3.63, 3.8) is 0 Å². The number of rotatable bonds is 8. The minimum absolute atomic E-state index is 0.100. The lowest BCUT2D eigenvalue weighted by atomic mass is 10.0. The summed E-state index contributed by atoms with van der Waals surface area (Å²) in [7, 11) is -3.73. The maximum atomic E-state index is 12.6. The Bertz CT molecular complexity index is 1150. The molecule has 0 saturated carbocycles. The summed E-state index contributed by atoms with van der Waals surface area (Å²) < 4.78 is 27.6. The van der Waals surface area contributed by atoms with E-state index in [1.165, 1.54) is 11.3 Å². The highest BCUT2D eigenvalue weighted by atomic mass is 32.2. The Hall–Kier alpha value is -2.78. The molecule has 1 heterocycles. The molecule has 0 radical (unpaired) electrons. The Labute approximate surface area is 187 Å². The number of benzene rings is 2. The van der Waals surface area contributed by atoms with Crippen LogP contribution in [0.2, 0.25) is 0 Å². The zero-order valence-electron chi connectivity index (χ0n) is 18.0. The summed E-state index contributed by atoms with van der Waals surface area (Å²) in [5, 5.41) is 11.9. The molecule has 31 heavy (non-hydrogen) atoms. The van der Waals surface area contributed by atoms with E-state index >= 15 is 0 Å². The van der Waals surface area contributed by atoms with Gasteiger partial charge in [-0.25, -0.2) is 8.42 Å². The average molecular weight is 459 g/mol. The fourth-order valence-electron chi connectivity index (χ4n) is 3.10. The third-order valence-electron chi connectivity index (χ3n) is 4.80. The summed E-state index contributed by atoms with van der Waals surface area (Å²) >= 11 is 1.23. The van der Waals surface area contributed by atoms with Crippen LogP contribution in [0.25, 0.3) is 0 Å². The first-order valence-electron chi connectivity index (χ1n) is 9.97. The highest BCUT2D eigenvalue weighted by Crippen LogP contribution is 2.24. The lowest BCUT2D eigenvalue weighted by Gasteiger charge is -2.11. The highest BCUT2D eigenvalue weighted by molar-refractivity contribution is 7.93. The second-order valence-electron chi connectivity index (χ2n) is 7.62. The van der Waals surface area contributed by atoms with Crippen LogP contribution in [-0.2, 0) is 16.4 Å². The van der Waals surface area contributed by atoms with E-state index in [1.54, 1.807) is 24.3 Å². The van der Waals surface area contributed by atoms with Gasteiger partial charge < -0.3 is 5.32 Å². The van der Waals surface area contributed by atoms with Gasteiger partial charge in [0.25, 0.3) is 15.9 Å². The van der Waals surface area contributed by atoms with Gasteiger partial charge in [-0.2, -0.15) is 0 Å². The molecule has 3 rings (SSSR count). The molecule has 0 saturated heterocycles. The maximum absolute atomic E-state index is 12.6. The predicted octanol–water partition coefficient (Wildman–Crippen LogP) is 4.05. The van der Waals surface area contributed by atoms with E-state index < -0.39 is 10.0 Å². The van der Waals surface area contributed by atoms with Gasteiger partial charge >= 0.3 is 0 Å². The Kier molecular flexibility index (Phi) is 7.07. The molecule has 0 atom stereocenters. The standard InChI is InChI=1S/C22H26N4O3S2/c1-14(2)21-24-25-22(30-21)26-31(28,29)18-10-8-17(9-11-18)12-13-23-20(27)19-15(3)6-5-7-16(19)4/h5-11,14H,12-13H2,1-4H3,(H,23,27)(H,25,26). The average Bonchev–Trinajstić information content (AvgIpc) is 3.16. The lowest BCUT2D eigenvalue weighted by Crippen LogP contribution is -2.27. The van der Waals surface area contributed by atoms with E-state index in [0.717, 1.165) is 21.7 Å². The molecule has 7 nitrogen and oxygen atoms in total. The van der Waals surface area contributed by atoms with Gasteiger partial charge in [-0.1, -0.05) is 55.5 Å². The largest absolute Gasteiger partial charge is 0.352 e. The van der Waals surface area contributed by atoms with Gasteiger partial charge in [0.2, 0.25) is 5.13 Å². The number of carbonyl (C=O) groups is 1. The van der Waals surface area contributed by atoms with E-state index in [4.69, 9.17) is 0 Å². The fraction of sp³-hybridized carbons (Fsp3) is 0.318. The predicted molar refractivity (Wildman–Crippen MR) is 123 cm³/mol. The number of nitrogens with one attached hydrogen (secondary N) is 2. The molecule has 0 unspecified atom stereocenters. The number of hydrogen-bond donors (Lipinski definition) is 2. The van der Waals surface area contributed by atoms with Crippen LogP contribution in [0.3, 0.4) is 0 Å². The molecule has 164 valence electrons.